The van der Waals surface area contributed by atoms with Crippen molar-refractivity contribution in [2.75, 3.05) is 6.54 Å². The van der Waals surface area contributed by atoms with E-state index in [2.05, 4.69) is 18.8 Å². The summed E-state index contributed by atoms with van der Waals surface area (Å²) < 4.78 is 0. The number of carbonyl (C=O) groups is 2. The fraction of sp³-hybridized carbons (Fsp3) is 0.412. The van der Waals surface area contributed by atoms with Gasteiger partial charge in [-0.15, -0.1) is 0 Å². The van der Waals surface area contributed by atoms with Gasteiger partial charge in [0.25, 0.3) is 5.91 Å². The topological polar surface area (TPSA) is 79.2 Å². The molecule has 5 nitrogen and oxygen atoms in total. The van der Waals surface area contributed by atoms with Gasteiger partial charge in [0.1, 0.15) is 11.7 Å². The SMILES string of the molecule is CC(C)C1C[C@@H](C(N)=O)N(C(=O)c2cc3c(Cl)cc(Cl)cc3[nH]2)C1. The van der Waals surface area contributed by atoms with Gasteiger partial charge in [-0.2, -0.15) is 0 Å². The van der Waals surface area contributed by atoms with E-state index in [1.165, 1.54) is 0 Å². The van der Waals surface area contributed by atoms with Gasteiger partial charge in [0.05, 0.1) is 5.02 Å². The third-order valence-corrected chi connectivity index (χ3v) is 5.28. The zero-order chi connectivity index (χ0) is 17.6. The zero-order valence-electron chi connectivity index (χ0n) is 13.5. The lowest BCUT2D eigenvalue weighted by Crippen LogP contribution is -2.43. The quantitative estimate of drug-likeness (QED) is 0.870. The van der Waals surface area contributed by atoms with Gasteiger partial charge in [0.2, 0.25) is 5.91 Å². The summed E-state index contributed by atoms with van der Waals surface area (Å²) in [5, 5.41) is 1.68. The first-order valence-electron chi connectivity index (χ1n) is 7.86. The summed E-state index contributed by atoms with van der Waals surface area (Å²) in [5.74, 6) is -0.0801. The number of carbonyl (C=O) groups excluding carboxylic acids is 2. The van der Waals surface area contributed by atoms with Crippen LogP contribution in [0.2, 0.25) is 10.0 Å². The molecule has 3 N–H and O–H groups in total. The van der Waals surface area contributed by atoms with Crippen molar-refractivity contribution < 1.29 is 9.59 Å². The molecule has 2 amide bonds. The number of aromatic nitrogens is 1. The van der Waals surface area contributed by atoms with Crippen molar-refractivity contribution in [3.8, 4) is 0 Å². The van der Waals surface area contributed by atoms with Crippen molar-refractivity contribution in [2.45, 2.75) is 26.3 Å². The summed E-state index contributed by atoms with van der Waals surface area (Å²) in [6, 6.07) is 4.46. The van der Waals surface area contributed by atoms with Crippen molar-refractivity contribution >= 4 is 45.9 Å². The van der Waals surface area contributed by atoms with Crippen LogP contribution in [0.1, 0.15) is 30.8 Å². The number of amides is 2. The van der Waals surface area contributed by atoms with Crippen LogP contribution in [0, 0.1) is 11.8 Å². The first kappa shape index (κ1) is 17.1. The van der Waals surface area contributed by atoms with Crippen LogP contribution in [0.15, 0.2) is 18.2 Å². The molecule has 0 bridgehead atoms. The van der Waals surface area contributed by atoms with E-state index in [-0.39, 0.29) is 11.8 Å². The predicted octanol–water partition coefficient (Wildman–Crippen LogP) is 3.45. The summed E-state index contributed by atoms with van der Waals surface area (Å²) >= 11 is 12.2. The number of hydrogen-bond donors (Lipinski definition) is 2. The number of aromatic amines is 1. The Morgan fingerprint density at radius 3 is 2.62 bits per heavy atom. The number of rotatable bonds is 3. The molecule has 0 spiro atoms. The Labute approximate surface area is 150 Å². The van der Waals surface area contributed by atoms with E-state index in [4.69, 9.17) is 28.9 Å². The van der Waals surface area contributed by atoms with Gasteiger partial charge >= 0.3 is 0 Å². The lowest BCUT2D eigenvalue weighted by atomic mass is 9.93. The lowest BCUT2D eigenvalue weighted by Gasteiger charge is -2.21. The molecule has 128 valence electrons. The molecule has 2 atom stereocenters. The summed E-state index contributed by atoms with van der Waals surface area (Å²) in [6.45, 7) is 4.69. The Morgan fingerprint density at radius 1 is 1.29 bits per heavy atom. The van der Waals surface area contributed by atoms with Crippen LogP contribution in [0.3, 0.4) is 0 Å². The lowest BCUT2D eigenvalue weighted by molar-refractivity contribution is -0.121. The van der Waals surface area contributed by atoms with Crippen LogP contribution < -0.4 is 5.73 Å². The second kappa shape index (κ2) is 6.30. The molecule has 0 saturated carbocycles. The van der Waals surface area contributed by atoms with Gasteiger partial charge in [0.15, 0.2) is 0 Å². The molecule has 1 aromatic heterocycles. The number of nitrogens with two attached hydrogens (primary N) is 1. The normalized spacial score (nSPS) is 21.0. The van der Waals surface area contributed by atoms with Gasteiger partial charge in [-0.25, -0.2) is 0 Å². The minimum Gasteiger partial charge on any atom is -0.368 e. The highest BCUT2D eigenvalue weighted by Gasteiger charge is 2.40. The van der Waals surface area contributed by atoms with Crippen LogP contribution >= 0.6 is 23.2 Å². The largest absolute Gasteiger partial charge is 0.368 e. The highest BCUT2D eigenvalue weighted by molar-refractivity contribution is 6.38. The number of halogens is 2. The van der Waals surface area contributed by atoms with Crippen LogP contribution in [0.4, 0.5) is 0 Å². The minimum atomic E-state index is -0.574. The van der Waals surface area contributed by atoms with Crippen molar-refractivity contribution in [3.05, 3.63) is 33.9 Å². The first-order valence-corrected chi connectivity index (χ1v) is 8.61. The third kappa shape index (κ3) is 2.98. The maximum atomic E-state index is 12.9. The van der Waals surface area contributed by atoms with Gasteiger partial charge in [-0.3, -0.25) is 9.59 Å². The molecular weight excluding hydrogens is 349 g/mol. The zero-order valence-corrected chi connectivity index (χ0v) is 15.0. The average Bonchev–Trinajstić information content (AvgIpc) is 3.10. The number of primary amides is 1. The molecule has 7 heteroatoms. The Hall–Kier alpha value is -1.72. The van der Waals surface area contributed by atoms with Crippen LogP contribution in [0.25, 0.3) is 10.9 Å². The maximum absolute atomic E-state index is 12.9. The number of nitrogens with zero attached hydrogens (tertiary/aromatic N) is 1. The van der Waals surface area contributed by atoms with Crippen LogP contribution in [0.5, 0.6) is 0 Å². The molecule has 2 heterocycles. The van der Waals surface area contributed by atoms with E-state index in [9.17, 15) is 9.59 Å². The molecule has 2 aromatic rings. The molecule has 3 rings (SSSR count). The number of likely N-dealkylation sites (tertiary alicyclic amines) is 1. The standard InChI is InChI=1S/C17H19Cl2N3O2/c1-8(2)9-3-15(16(20)23)22(7-9)17(24)14-6-11-12(19)4-10(18)5-13(11)21-14/h4-6,8-9,15,21H,3,7H2,1-2H3,(H2,20,23)/t9?,15-/m0/s1. The van der Waals surface area contributed by atoms with E-state index >= 15 is 0 Å². The van der Waals surface area contributed by atoms with E-state index < -0.39 is 11.9 Å². The summed E-state index contributed by atoms with van der Waals surface area (Å²) in [7, 11) is 0. The van der Waals surface area contributed by atoms with Crippen molar-refractivity contribution in [3.63, 3.8) is 0 Å². The highest BCUT2D eigenvalue weighted by atomic mass is 35.5. The van der Waals surface area contributed by atoms with Crippen LogP contribution in [-0.4, -0.2) is 34.3 Å². The number of fused-ring (bicyclic) bond motifs is 1. The van der Waals surface area contributed by atoms with Crippen LogP contribution in [-0.2, 0) is 4.79 Å². The summed E-state index contributed by atoms with van der Waals surface area (Å²) in [4.78, 5) is 29.3. The first-order chi connectivity index (χ1) is 11.3. The minimum absolute atomic E-state index is 0.245. The van der Waals surface area contributed by atoms with E-state index in [0.717, 1.165) is 5.39 Å². The fourth-order valence-corrected chi connectivity index (χ4v) is 3.82. The second-order valence-corrected chi connectivity index (χ2v) is 7.49. The van der Waals surface area contributed by atoms with Crippen molar-refractivity contribution in [1.82, 2.24) is 9.88 Å². The molecule has 1 aliphatic heterocycles. The molecule has 0 aliphatic carbocycles. The molecule has 0 radical (unpaired) electrons. The predicted molar refractivity (Wildman–Crippen MR) is 95.3 cm³/mol. The molecular formula is C17H19Cl2N3O2. The molecule has 1 saturated heterocycles. The average molecular weight is 368 g/mol. The van der Waals surface area contributed by atoms with E-state index in [1.54, 1.807) is 23.1 Å². The van der Waals surface area contributed by atoms with Gasteiger partial charge in [-0.05, 0) is 36.5 Å². The summed E-state index contributed by atoms with van der Waals surface area (Å²) in [5.41, 5.74) is 6.57. The highest BCUT2D eigenvalue weighted by Crippen LogP contribution is 2.32. The number of nitrogens with one attached hydrogen (secondary N) is 1. The van der Waals surface area contributed by atoms with E-state index in [1.807, 2.05) is 0 Å². The third-order valence-electron chi connectivity index (χ3n) is 4.75. The monoisotopic (exact) mass is 367 g/mol. The Balaban J connectivity index is 1.95. The number of benzene rings is 1. The van der Waals surface area contributed by atoms with Gasteiger partial charge < -0.3 is 15.6 Å². The molecule has 1 aromatic carbocycles. The number of H-pyrrole nitrogens is 1. The Bertz CT molecular complexity index is 816. The second-order valence-electron chi connectivity index (χ2n) is 6.65. The molecule has 24 heavy (non-hydrogen) atoms. The van der Waals surface area contributed by atoms with Crippen molar-refractivity contribution in [1.29, 1.82) is 0 Å². The smallest absolute Gasteiger partial charge is 0.270 e. The molecule has 1 unspecified atom stereocenters. The fourth-order valence-electron chi connectivity index (χ4n) is 3.28. The van der Waals surface area contributed by atoms with Crippen molar-refractivity contribution in [2.24, 2.45) is 17.6 Å². The number of hydrogen-bond acceptors (Lipinski definition) is 2. The van der Waals surface area contributed by atoms with E-state index in [0.29, 0.717) is 40.1 Å². The Kier molecular flexibility index (Phi) is 4.49. The summed E-state index contributed by atoms with van der Waals surface area (Å²) in [6.07, 6.45) is 0.603. The molecule has 1 fully saturated rings. The van der Waals surface area contributed by atoms with Gasteiger partial charge in [-0.1, -0.05) is 37.0 Å². The Morgan fingerprint density at radius 2 is 2.00 bits per heavy atom. The molecule has 1 aliphatic rings. The maximum Gasteiger partial charge on any atom is 0.270 e. The van der Waals surface area contributed by atoms with Gasteiger partial charge in [0, 0.05) is 22.5 Å².